The highest BCUT2D eigenvalue weighted by atomic mass is 19.1. The van der Waals surface area contributed by atoms with Crippen molar-refractivity contribution >= 4 is 12.0 Å². The Balaban J connectivity index is 1.92. The van der Waals surface area contributed by atoms with Crippen LogP contribution in [-0.4, -0.2) is 56.8 Å². The van der Waals surface area contributed by atoms with Crippen LogP contribution in [0.4, 0.5) is 9.18 Å². The molecule has 2 N–H and O–H groups in total. The Morgan fingerprint density at radius 3 is 2.84 bits per heavy atom. The topological polar surface area (TPSA) is 79.9 Å². The lowest BCUT2D eigenvalue weighted by molar-refractivity contribution is -0.138. The molecule has 8 heteroatoms. The van der Waals surface area contributed by atoms with Gasteiger partial charge in [-0.3, -0.25) is 4.90 Å². The van der Waals surface area contributed by atoms with Gasteiger partial charge in [0, 0.05) is 18.8 Å². The molecule has 0 spiro atoms. The third-order valence-electron chi connectivity index (χ3n) is 3.57. The van der Waals surface area contributed by atoms with Gasteiger partial charge in [-0.1, -0.05) is 12.1 Å². The Morgan fingerprint density at radius 2 is 2.12 bits per heavy atom. The van der Waals surface area contributed by atoms with E-state index >= 15 is 0 Å². The molecule has 0 saturated carbocycles. The molecule has 0 aliphatic carbocycles. The third-order valence-corrected chi connectivity index (χ3v) is 3.57. The van der Waals surface area contributed by atoms with Gasteiger partial charge in [-0.25, -0.2) is 14.0 Å². The largest absolute Gasteiger partial charge is 0.489 e. The summed E-state index contributed by atoms with van der Waals surface area (Å²) in [5, 5.41) is 5.19. The molecule has 2 amide bonds. The minimum Gasteiger partial charge on any atom is -0.489 e. The number of amides is 2. The summed E-state index contributed by atoms with van der Waals surface area (Å²) in [6.07, 6.45) is 0. The SMILES string of the molecule is CCOC(=O)C1=C(CN(C)CCOc2ccccc2F)NC(=O)NC1. The van der Waals surface area contributed by atoms with Gasteiger partial charge in [-0.15, -0.1) is 0 Å². The van der Waals surface area contributed by atoms with Crippen LogP contribution in [0.5, 0.6) is 5.75 Å². The van der Waals surface area contributed by atoms with Gasteiger partial charge < -0.3 is 20.1 Å². The van der Waals surface area contributed by atoms with Crippen molar-refractivity contribution in [1.29, 1.82) is 0 Å². The summed E-state index contributed by atoms with van der Waals surface area (Å²) < 4.78 is 23.9. The fraction of sp³-hybridized carbons (Fsp3) is 0.412. The number of benzene rings is 1. The minimum absolute atomic E-state index is 0.125. The lowest BCUT2D eigenvalue weighted by Gasteiger charge is -2.25. The van der Waals surface area contributed by atoms with Crippen LogP contribution in [0.1, 0.15) is 6.92 Å². The molecular weight excluding hydrogens is 329 g/mol. The van der Waals surface area contributed by atoms with Gasteiger partial charge in [0.05, 0.1) is 18.7 Å². The summed E-state index contributed by atoms with van der Waals surface area (Å²) in [7, 11) is 1.81. The Morgan fingerprint density at radius 1 is 1.36 bits per heavy atom. The van der Waals surface area contributed by atoms with E-state index in [1.165, 1.54) is 6.07 Å². The summed E-state index contributed by atoms with van der Waals surface area (Å²) in [6.45, 7) is 3.19. The van der Waals surface area contributed by atoms with Crippen LogP contribution in [0, 0.1) is 5.82 Å². The Bertz CT molecular complexity index is 663. The van der Waals surface area contributed by atoms with E-state index in [0.717, 1.165) is 0 Å². The molecule has 0 saturated heterocycles. The average Bonchev–Trinajstić information content (AvgIpc) is 2.57. The van der Waals surface area contributed by atoms with E-state index in [4.69, 9.17) is 9.47 Å². The van der Waals surface area contributed by atoms with Crippen LogP contribution in [0.25, 0.3) is 0 Å². The summed E-state index contributed by atoms with van der Waals surface area (Å²) in [4.78, 5) is 25.4. The van der Waals surface area contributed by atoms with Gasteiger partial charge in [-0.2, -0.15) is 0 Å². The highest BCUT2D eigenvalue weighted by Gasteiger charge is 2.24. The van der Waals surface area contributed by atoms with Crippen LogP contribution in [0.2, 0.25) is 0 Å². The van der Waals surface area contributed by atoms with Crippen LogP contribution >= 0.6 is 0 Å². The lowest BCUT2D eigenvalue weighted by atomic mass is 10.1. The predicted molar refractivity (Wildman–Crippen MR) is 89.6 cm³/mol. The lowest BCUT2D eigenvalue weighted by Crippen LogP contribution is -2.46. The fourth-order valence-electron chi connectivity index (χ4n) is 2.30. The van der Waals surface area contributed by atoms with E-state index in [0.29, 0.717) is 24.4 Å². The molecular formula is C17H22FN3O4. The van der Waals surface area contributed by atoms with Crippen molar-refractivity contribution < 1.29 is 23.5 Å². The molecule has 0 bridgehead atoms. The van der Waals surface area contributed by atoms with Gasteiger partial charge in [-0.05, 0) is 26.1 Å². The number of carbonyl (C=O) groups excluding carboxylic acids is 2. The van der Waals surface area contributed by atoms with Crippen molar-refractivity contribution in [3.8, 4) is 5.75 Å². The standard InChI is InChI=1S/C17H22FN3O4/c1-3-24-16(22)12-10-19-17(23)20-14(12)11-21(2)8-9-25-15-7-5-4-6-13(15)18/h4-7H,3,8-11H2,1-2H3,(H2,19,20,23). The summed E-state index contributed by atoms with van der Waals surface area (Å²) >= 11 is 0. The second kappa shape index (κ2) is 9.03. The van der Waals surface area contributed by atoms with Crippen LogP contribution in [-0.2, 0) is 9.53 Å². The molecule has 0 fully saturated rings. The maximum atomic E-state index is 13.5. The molecule has 25 heavy (non-hydrogen) atoms. The van der Waals surface area contributed by atoms with E-state index in [1.807, 2.05) is 11.9 Å². The molecule has 1 aromatic carbocycles. The number of hydrogen-bond acceptors (Lipinski definition) is 5. The van der Waals surface area contributed by atoms with Crippen molar-refractivity contribution in [2.45, 2.75) is 6.92 Å². The van der Waals surface area contributed by atoms with Crippen LogP contribution in [0.3, 0.4) is 0 Å². The molecule has 2 rings (SSSR count). The van der Waals surface area contributed by atoms with Crippen LogP contribution in [0.15, 0.2) is 35.5 Å². The second-order valence-corrected chi connectivity index (χ2v) is 5.50. The number of halogens is 1. The average molecular weight is 351 g/mol. The summed E-state index contributed by atoms with van der Waals surface area (Å²) in [5.41, 5.74) is 0.888. The molecule has 0 aromatic heterocycles. The maximum Gasteiger partial charge on any atom is 0.337 e. The Hall–Kier alpha value is -2.61. The molecule has 1 aliphatic rings. The number of urea groups is 1. The number of para-hydroxylation sites is 1. The number of nitrogens with zero attached hydrogens (tertiary/aromatic N) is 1. The number of ether oxygens (including phenoxy) is 2. The first-order chi connectivity index (χ1) is 12.0. The van der Waals surface area contributed by atoms with Crippen molar-refractivity contribution in [3.63, 3.8) is 0 Å². The van der Waals surface area contributed by atoms with Crippen molar-refractivity contribution in [2.24, 2.45) is 0 Å². The van der Waals surface area contributed by atoms with Gasteiger partial charge in [0.15, 0.2) is 11.6 Å². The van der Waals surface area contributed by atoms with E-state index < -0.39 is 11.8 Å². The molecule has 7 nitrogen and oxygen atoms in total. The zero-order chi connectivity index (χ0) is 18.2. The fourth-order valence-corrected chi connectivity index (χ4v) is 2.30. The predicted octanol–water partition coefficient (Wildman–Crippen LogP) is 1.27. The number of rotatable bonds is 8. The Labute approximate surface area is 145 Å². The summed E-state index contributed by atoms with van der Waals surface area (Å²) in [5.74, 6) is -0.679. The number of carbonyl (C=O) groups is 2. The highest BCUT2D eigenvalue weighted by Crippen LogP contribution is 2.15. The number of hydrogen-bond donors (Lipinski definition) is 2. The van der Waals surface area contributed by atoms with Gasteiger partial charge >= 0.3 is 12.0 Å². The Kier molecular flexibility index (Phi) is 6.76. The van der Waals surface area contributed by atoms with E-state index in [-0.39, 0.29) is 31.5 Å². The first-order valence-corrected chi connectivity index (χ1v) is 8.01. The molecule has 0 atom stereocenters. The van der Waals surface area contributed by atoms with Crippen molar-refractivity contribution in [2.75, 3.05) is 39.9 Å². The van der Waals surface area contributed by atoms with Crippen molar-refractivity contribution in [3.05, 3.63) is 41.4 Å². The zero-order valence-corrected chi connectivity index (χ0v) is 14.3. The molecule has 0 unspecified atom stereocenters. The quantitative estimate of drug-likeness (QED) is 0.690. The second-order valence-electron chi connectivity index (χ2n) is 5.50. The number of esters is 1. The third kappa shape index (κ3) is 5.46. The highest BCUT2D eigenvalue weighted by molar-refractivity contribution is 5.93. The van der Waals surface area contributed by atoms with E-state index in [2.05, 4.69) is 10.6 Å². The molecule has 1 aliphatic heterocycles. The van der Waals surface area contributed by atoms with E-state index in [9.17, 15) is 14.0 Å². The van der Waals surface area contributed by atoms with Gasteiger partial charge in [0.2, 0.25) is 0 Å². The first kappa shape index (κ1) is 18.7. The zero-order valence-electron chi connectivity index (χ0n) is 14.3. The molecule has 136 valence electrons. The molecule has 0 radical (unpaired) electrons. The van der Waals surface area contributed by atoms with E-state index in [1.54, 1.807) is 25.1 Å². The number of likely N-dealkylation sites (N-methyl/N-ethyl adjacent to an activating group) is 1. The smallest absolute Gasteiger partial charge is 0.337 e. The normalized spacial score (nSPS) is 14.2. The minimum atomic E-state index is -0.457. The summed E-state index contributed by atoms with van der Waals surface area (Å²) in [6, 6.07) is 5.82. The van der Waals surface area contributed by atoms with Gasteiger partial charge in [0.1, 0.15) is 6.61 Å². The number of nitrogens with one attached hydrogen (secondary N) is 2. The van der Waals surface area contributed by atoms with Crippen LogP contribution < -0.4 is 15.4 Å². The first-order valence-electron chi connectivity index (χ1n) is 8.01. The molecule has 1 aromatic rings. The maximum absolute atomic E-state index is 13.5. The monoisotopic (exact) mass is 351 g/mol. The van der Waals surface area contributed by atoms with Crippen molar-refractivity contribution in [1.82, 2.24) is 15.5 Å². The molecule has 1 heterocycles. The van der Waals surface area contributed by atoms with Gasteiger partial charge in [0.25, 0.3) is 0 Å².